The van der Waals surface area contributed by atoms with Crippen molar-refractivity contribution in [1.82, 2.24) is 9.97 Å². The molecule has 8 heteroatoms. The lowest BCUT2D eigenvalue weighted by Gasteiger charge is -2.10. The number of nitrogens with one attached hydrogen (secondary N) is 3. The Labute approximate surface area is 213 Å². The highest BCUT2D eigenvalue weighted by Crippen LogP contribution is 2.39. The maximum atomic E-state index is 12.3. The molecule has 7 nitrogen and oxygen atoms in total. The van der Waals surface area contributed by atoms with E-state index in [-0.39, 0.29) is 6.03 Å². The van der Waals surface area contributed by atoms with Crippen LogP contribution in [-0.2, 0) is 6.42 Å². The normalized spacial score (nSPS) is 10.8. The van der Waals surface area contributed by atoms with Gasteiger partial charge in [-0.1, -0.05) is 66.2 Å². The van der Waals surface area contributed by atoms with E-state index < -0.39 is 0 Å². The number of benzene rings is 3. The fourth-order valence-corrected chi connectivity index (χ4v) is 4.22. The Balaban J connectivity index is 1.20. The van der Waals surface area contributed by atoms with Crippen molar-refractivity contribution < 1.29 is 9.21 Å². The Bertz CT molecular complexity index is 1500. The van der Waals surface area contributed by atoms with Crippen molar-refractivity contribution in [3.63, 3.8) is 0 Å². The topological polar surface area (TPSA) is 92.1 Å². The standard InChI is InChI=1S/C28H24ClN5O2/c1-18-6-5-9-22(16-18)34-28(35)33-21-12-10-19(11-13-21)14-15-30-26-23-24(29)25(20-7-3-2-4-8-20)36-27(23)32-17-31-26/h2-13,16-17H,14-15H2,1H3,(H,30,31,32)(H2,33,34,35). The minimum absolute atomic E-state index is 0.283. The summed E-state index contributed by atoms with van der Waals surface area (Å²) in [5.41, 5.74) is 4.99. The van der Waals surface area contributed by atoms with Crippen LogP contribution >= 0.6 is 11.6 Å². The van der Waals surface area contributed by atoms with Gasteiger partial charge in [0, 0.05) is 23.5 Å². The molecule has 0 bridgehead atoms. The highest BCUT2D eigenvalue weighted by atomic mass is 35.5. The number of aromatic nitrogens is 2. The van der Waals surface area contributed by atoms with Gasteiger partial charge in [-0.2, -0.15) is 0 Å². The molecule has 2 amide bonds. The average molecular weight is 498 g/mol. The minimum atomic E-state index is -0.283. The molecule has 0 aliphatic heterocycles. The summed E-state index contributed by atoms with van der Waals surface area (Å²) in [7, 11) is 0. The van der Waals surface area contributed by atoms with E-state index in [0.29, 0.717) is 39.9 Å². The van der Waals surface area contributed by atoms with Gasteiger partial charge in [0.2, 0.25) is 5.71 Å². The van der Waals surface area contributed by atoms with Crippen molar-refractivity contribution in [3.8, 4) is 11.3 Å². The largest absolute Gasteiger partial charge is 0.436 e. The summed E-state index contributed by atoms with van der Waals surface area (Å²) in [5, 5.41) is 10.2. The number of nitrogens with zero attached hydrogens (tertiary/aromatic N) is 2. The van der Waals surface area contributed by atoms with Crippen molar-refractivity contribution in [3.05, 3.63) is 101 Å². The molecular weight excluding hydrogens is 474 g/mol. The number of hydrogen-bond acceptors (Lipinski definition) is 5. The Morgan fingerprint density at radius 3 is 2.47 bits per heavy atom. The zero-order chi connectivity index (χ0) is 24.9. The van der Waals surface area contributed by atoms with Crippen LogP contribution in [0.25, 0.3) is 22.4 Å². The summed E-state index contributed by atoms with van der Waals surface area (Å²) in [6, 6.07) is 24.8. The number of carbonyl (C=O) groups is 1. The summed E-state index contributed by atoms with van der Waals surface area (Å²) in [6.45, 7) is 2.62. The quantitative estimate of drug-likeness (QED) is 0.222. The summed E-state index contributed by atoms with van der Waals surface area (Å²) < 4.78 is 5.92. The number of anilines is 3. The molecule has 3 aromatic carbocycles. The second-order valence-electron chi connectivity index (χ2n) is 8.34. The number of fused-ring (bicyclic) bond motifs is 1. The number of furan rings is 1. The number of urea groups is 1. The Kier molecular flexibility index (Phi) is 6.82. The van der Waals surface area contributed by atoms with Crippen LogP contribution in [0.5, 0.6) is 0 Å². The van der Waals surface area contributed by atoms with Gasteiger partial charge >= 0.3 is 6.03 Å². The van der Waals surface area contributed by atoms with Crippen molar-refractivity contribution in [1.29, 1.82) is 0 Å². The molecule has 0 unspecified atom stereocenters. The molecule has 0 aliphatic rings. The number of carbonyl (C=O) groups excluding carboxylic acids is 1. The summed E-state index contributed by atoms with van der Waals surface area (Å²) >= 11 is 6.66. The van der Waals surface area contributed by atoms with Crippen molar-refractivity contribution in [2.24, 2.45) is 0 Å². The van der Waals surface area contributed by atoms with Gasteiger partial charge in [-0.25, -0.2) is 14.8 Å². The maximum Gasteiger partial charge on any atom is 0.323 e. The van der Waals surface area contributed by atoms with Crippen LogP contribution in [0.1, 0.15) is 11.1 Å². The fourth-order valence-electron chi connectivity index (χ4n) is 3.91. The summed E-state index contributed by atoms with van der Waals surface area (Å²) in [4.78, 5) is 20.9. The van der Waals surface area contributed by atoms with Crippen LogP contribution in [-0.4, -0.2) is 22.5 Å². The first kappa shape index (κ1) is 23.4. The number of rotatable bonds is 7. The van der Waals surface area contributed by atoms with E-state index in [4.69, 9.17) is 16.0 Å². The maximum absolute atomic E-state index is 12.3. The van der Waals surface area contributed by atoms with Crippen molar-refractivity contribution >= 4 is 45.9 Å². The molecule has 0 fully saturated rings. The number of hydrogen-bond donors (Lipinski definition) is 3. The zero-order valence-electron chi connectivity index (χ0n) is 19.6. The van der Waals surface area contributed by atoms with E-state index in [1.54, 1.807) is 0 Å². The Morgan fingerprint density at radius 1 is 0.917 bits per heavy atom. The van der Waals surface area contributed by atoms with Crippen LogP contribution in [0.3, 0.4) is 0 Å². The Morgan fingerprint density at radius 2 is 1.69 bits per heavy atom. The molecule has 5 aromatic rings. The molecule has 3 N–H and O–H groups in total. The van der Waals surface area contributed by atoms with Gasteiger partial charge in [-0.15, -0.1) is 0 Å². The van der Waals surface area contributed by atoms with Gasteiger partial charge in [-0.05, 0) is 48.7 Å². The highest BCUT2D eigenvalue weighted by Gasteiger charge is 2.19. The monoisotopic (exact) mass is 497 g/mol. The van der Waals surface area contributed by atoms with E-state index in [1.165, 1.54) is 6.33 Å². The first-order valence-electron chi connectivity index (χ1n) is 11.5. The van der Waals surface area contributed by atoms with Gasteiger partial charge in [0.05, 0.1) is 0 Å². The van der Waals surface area contributed by atoms with E-state index in [2.05, 4.69) is 25.9 Å². The molecule has 5 rings (SSSR count). The summed E-state index contributed by atoms with van der Waals surface area (Å²) in [5.74, 6) is 1.20. The molecule has 36 heavy (non-hydrogen) atoms. The third kappa shape index (κ3) is 5.31. The molecule has 0 spiro atoms. The molecule has 0 atom stereocenters. The van der Waals surface area contributed by atoms with Crippen LogP contribution in [0.2, 0.25) is 5.02 Å². The number of aryl methyl sites for hydroxylation is 1. The SMILES string of the molecule is Cc1cccc(NC(=O)Nc2ccc(CCNc3ncnc4oc(-c5ccccc5)c(Cl)c34)cc2)c1. The fraction of sp³-hybridized carbons (Fsp3) is 0.107. The smallest absolute Gasteiger partial charge is 0.323 e. The lowest BCUT2D eigenvalue weighted by Crippen LogP contribution is -2.19. The Hall–Kier alpha value is -4.36. The van der Waals surface area contributed by atoms with E-state index in [9.17, 15) is 4.79 Å². The van der Waals surface area contributed by atoms with Gasteiger partial charge in [-0.3, -0.25) is 0 Å². The number of amides is 2. The minimum Gasteiger partial charge on any atom is -0.436 e. The molecule has 0 radical (unpaired) electrons. The molecular formula is C28H24ClN5O2. The third-order valence-electron chi connectivity index (χ3n) is 5.66. The predicted octanol–water partition coefficient (Wildman–Crippen LogP) is 7.15. The number of halogens is 1. The molecule has 0 saturated heterocycles. The highest BCUT2D eigenvalue weighted by molar-refractivity contribution is 6.38. The van der Waals surface area contributed by atoms with Gasteiger partial charge in [0.25, 0.3) is 0 Å². The van der Waals surface area contributed by atoms with Crippen LogP contribution in [0, 0.1) is 6.92 Å². The predicted molar refractivity (Wildman–Crippen MR) is 145 cm³/mol. The van der Waals surface area contributed by atoms with Crippen LogP contribution in [0.15, 0.2) is 89.6 Å². The molecule has 0 aliphatic carbocycles. The molecule has 2 aromatic heterocycles. The third-order valence-corrected chi connectivity index (χ3v) is 6.02. The van der Waals surface area contributed by atoms with Gasteiger partial charge < -0.3 is 20.4 Å². The second-order valence-corrected chi connectivity index (χ2v) is 8.71. The van der Waals surface area contributed by atoms with E-state index in [1.807, 2.05) is 85.8 Å². The van der Waals surface area contributed by atoms with Crippen LogP contribution in [0.4, 0.5) is 22.0 Å². The zero-order valence-corrected chi connectivity index (χ0v) is 20.3. The van der Waals surface area contributed by atoms with Crippen molar-refractivity contribution in [2.45, 2.75) is 13.3 Å². The second kappa shape index (κ2) is 10.5. The van der Waals surface area contributed by atoms with Gasteiger partial charge in [0.15, 0.2) is 5.76 Å². The molecule has 180 valence electrons. The molecule has 0 saturated carbocycles. The first-order valence-corrected chi connectivity index (χ1v) is 11.9. The van der Waals surface area contributed by atoms with Crippen LogP contribution < -0.4 is 16.0 Å². The average Bonchev–Trinajstić information content (AvgIpc) is 3.23. The summed E-state index contributed by atoms with van der Waals surface area (Å²) in [6.07, 6.45) is 2.21. The lowest BCUT2D eigenvalue weighted by molar-refractivity contribution is 0.262. The first-order chi connectivity index (χ1) is 17.6. The molecule has 2 heterocycles. The van der Waals surface area contributed by atoms with Gasteiger partial charge in [0.1, 0.15) is 22.6 Å². The van der Waals surface area contributed by atoms with E-state index >= 15 is 0 Å². The van der Waals surface area contributed by atoms with E-state index in [0.717, 1.165) is 28.8 Å². The van der Waals surface area contributed by atoms with Crippen molar-refractivity contribution in [2.75, 3.05) is 22.5 Å². The lowest BCUT2D eigenvalue weighted by atomic mass is 10.1.